The maximum Gasteiger partial charge on any atom is 0.323 e. The Morgan fingerprint density at radius 2 is 2.00 bits per heavy atom. The smallest absolute Gasteiger partial charge is 0.323 e. The Balaban J connectivity index is 1.72. The zero-order chi connectivity index (χ0) is 14.2. The van der Waals surface area contributed by atoms with E-state index in [4.69, 9.17) is 0 Å². The molecule has 0 bridgehead atoms. The molecule has 3 rings (SSSR count). The third kappa shape index (κ3) is 2.59. The van der Waals surface area contributed by atoms with E-state index >= 15 is 0 Å². The van der Waals surface area contributed by atoms with E-state index in [1.54, 1.807) is 0 Å². The Labute approximate surface area is 120 Å². The summed E-state index contributed by atoms with van der Waals surface area (Å²) in [7, 11) is 0. The fourth-order valence-corrected chi connectivity index (χ4v) is 3.20. The first-order chi connectivity index (χ1) is 9.59. The second kappa shape index (κ2) is 5.21. The Kier molecular flexibility index (Phi) is 3.55. The van der Waals surface area contributed by atoms with Gasteiger partial charge in [0.1, 0.15) is 5.54 Å². The number of carbonyl (C=O) groups is 1. The highest BCUT2D eigenvalue weighted by Gasteiger charge is 2.41. The summed E-state index contributed by atoms with van der Waals surface area (Å²) in [5.74, 6) is 0.0927. The van der Waals surface area contributed by atoms with Crippen molar-refractivity contribution in [2.45, 2.75) is 57.0 Å². The molecule has 1 N–H and O–H groups in total. The van der Waals surface area contributed by atoms with Gasteiger partial charge in [-0.05, 0) is 62.6 Å². The second-order valence-electron chi connectivity index (χ2n) is 6.47. The van der Waals surface area contributed by atoms with Crippen molar-refractivity contribution < 1.29 is 9.90 Å². The molecule has 0 amide bonds. The minimum absolute atomic E-state index is 0.688. The summed E-state index contributed by atoms with van der Waals surface area (Å²) in [5, 5.41) is 9.53. The van der Waals surface area contributed by atoms with E-state index in [0.29, 0.717) is 0 Å². The summed E-state index contributed by atoms with van der Waals surface area (Å²) in [6, 6.07) is 8.78. The summed E-state index contributed by atoms with van der Waals surface area (Å²) < 4.78 is 0. The number of nitrogens with zero attached hydrogens (tertiary/aromatic N) is 1. The first-order valence-corrected chi connectivity index (χ1v) is 7.67. The first-order valence-electron chi connectivity index (χ1n) is 7.67. The van der Waals surface area contributed by atoms with Gasteiger partial charge in [-0.1, -0.05) is 24.3 Å². The molecule has 1 atom stereocenters. The number of hydrogen-bond donors (Lipinski definition) is 1. The van der Waals surface area contributed by atoms with Crippen LogP contribution in [0.15, 0.2) is 24.3 Å². The van der Waals surface area contributed by atoms with Gasteiger partial charge in [-0.3, -0.25) is 9.69 Å². The molecule has 0 radical (unpaired) electrons. The van der Waals surface area contributed by atoms with E-state index in [1.165, 1.54) is 24.0 Å². The van der Waals surface area contributed by atoms with Crippen molar-refractivity contribution in [1.29, 1.82) is 0 Å². The van der Waals surface area contributed by atoms with E-state index in [0.717, 1.165) is 38.3 Å². The highest BCUT2D eigenvalue weighted by Crippen LogP contribution is 2.40. The van der Waals surface area contributed by atoms with E-state index < -0.39 is 11.5 Å². The Hall–Kier alpha value is -1.35. The predicted molar refractivity (Wildman–Crippen MR) is 78.7 cm³/mol. The van der Waals surface area contributed by atoms with Crippen LogP contribution in [0.3, 0.4) is 0 Å². The number of benzene rings is 1. The molecule has 2 fully saturated rings. The van der Waals surface area contributed by atoms with Gasteiger partial charge < -0.3 is 5.11 Å². The molecule has 1 aromatic rings. The molecule has 1 aromatic carbocycles. The van der Waals surface area contributed by atoms with E-state index in [2.05, 4.69) is 29.2 Å². The average molecular weight is 273 g/mol. The lowest BCUT2D eigenvalue weighted by Gasteiger charge is -2.41. The Morgan fingerprint density at radius 3 is 2.60 bits per heavy atom. The van der Waals surface area contributed by atoms with Gasteiger partial charge in [0.2, 0.25) is 0 Å². The van der Waals surface area contributed by atoms with Crippen molar-refractivity contribution in [3.8, 4) is 0 Å². The van der Waals surface area contributed by atoms with E-state index in [-0.39, 0.29) is 0 Å². The largest absolute Gasteiger partial charge is 0.480 e. The molecule has 20 heavy (non-hydrogen) atoms. The maximum absolute atomic E-state index is 11.6. The lowest BCUT2D eigenvalue weighted by molar-refractivity contribution is -0.153. The number of likely N-dealkylation sites (tertiary alicyclic amines) is 1. The van der Waals surface area contributed by atoms with Crippen LogP contribution in [0.5, 0.6) is 0 Å². The van der Waals surface area contributed by atoms with E-state index in [9.17, 15) is 9.90 Å². The van der Waals surface area contributed by atoms with Gasteiger partial charge in [0.15, 0.2) is 0 Å². The maximum atomic E-state index is 11.6. The second-order valence-corrected chi connectivity index (χ2v) is 6.47. The number of rotatable bonds is 4. The number of carboxylic acids is 1. The van der Waals surface area contributed by atoms with Crippen LogP contribution in [-0.2, 0) is 11.3 Å². The first kappa shape index (κ1) is 13.6. The summed E-state index contributed by atoms with van der Waals surface area (Å²) in [5.41, 5.74) is 1.96. The normalized spacial score (nSPS) is 27.4. The van der Waals surface area contributed by atoms with Gasteiger partial charge in [-0.2, -0.15) is 0 Å². The number of hydrogen-bond acceptors (Lipinski definition) is 2. The highest BCUT2D eigenvalue weighted by atomic mass is 16.4. The number of carboxylic acid groups (broad SMARTS) is 1. The van der Waals surface area contributed by atoms with Crippen LogP contribution >= 0.6 is 0 Å². The SMILES string of the molecule is CC1(C(=O)O)CCCCN1Cc1ccc(C2CC2)cc1. The average Bonchev–Trinajstić information content (AvgIpc) is 3.27. The van der Waals surface area contributed by atoms with Gasteiger partial charge in [0, 0.05) is 6.54 Å². The minimum Gasteiger partial charge on any atom is -0.480 e. The third-order valence-electron chi connectivity index (χ3n) is 4.90. The third-order valence-corrected chi connectivity index (χ3v) is 4.90. The molecule has 0 spiro atoms. The van der Waals surface area contributed by atoms with Crippen molar-refractivity contribution >= 4 is 5.97 Å². The number of aliphatic carboxylic acids is 1. The van der Waals surface area contributed by atoms with Crippen LogP contribution in [-0.4, -0.2) is 28.1 Å². The molecule has 2 aliphatic rings. The molecule has 108 valence electrons. The monoisotopic (exact) mass is 273 g/mol. The van der Waals surface area contributed by atoms with Crippen molar-refractivity contribution in [2.75, 3.05) is 6.54 Å². The molecule has 1 saturated heterocycles. The highest BCUT2D eigenvalue weighted by molar-refractivity contribution is 5.78. The van der Waals surface area contributed by atoms with Crippen molar-refractivity contribution in [3.05, 3.63) is 35.4 Å². The quantitative estimate of drug-likeness (QED) is 0.914. The minimum atomic E-state index is -0.701. The molecule has 1 aliphatic heterocycles. The van der Waals surface area contributed by atoms with Gasteiger partial charge in [0.25, 0.3) is 0 Å². The fourth-order valence-electron chi connectivity index (χ4n) is 3.20. The van der Waals surface area contributed by atoms with Crippen molar-refractivity contribution in [3.63, 3.8) is 0 Å². The summed E-state index contributed by atoms with van der Waals surface area (Å²) in [6.45, 7) is 3.49. The molecule has 3 heteroatoms. The van der Waals surface area contributed by atoms with Gasteiger partial charge in [-0.15, -0.1) is 0 Å². The predicted octanol–water partition coefficient (Wildman–Crippen LogP) is 3.39. The summed E-state index contributed by atoms with van der Waals surface area (Å²) >= 11 is 0. The van der Waals surface area contributed by atoms with Crippen LogP contribution in [0.1, 0.15) is 56.1 Å². The standard InChI is InChI=1S/C17H23NO2/c1-17(16(19)20)10-2-3-11-18(17)12-13-4-6-14(7-5-13)15-8-9-15/h4-7,15H,2-3,8-12H2,1H3,(H,19,20). The van der Waals surface area contributed by atoms with Crippen LogP contribution in [0.25, 0.3) is 0 Å². The van der Waals surface area contributed by atoms with Crippen LogP contribution in [0.4, 0.5) is 0 Å². The topological polar surface area (TPSA) is 40.5 Å². The van der Waals surface area contributed by atoms with Crippen LogP contribution in [0, 0.1) is 0 Å². The zero-order valence-electron chi connectivity index (χ0n) is 12.1. The summed E-state index contributed by atoms with van der Waals surface area (Å²) in [4.78, 5) is 13.7. The lowest BCUT2D eigenvalue weighted by atomic mass is 9.88. The van der Waals surface area contributed by atoms with Gasteiger partial charge in [0.05, 0.1) is 0 Å². The van der Waals surface area contributed by atoms with Crippen LogP contribution < -0.4 is 0 Å². The number of piperidine rings is 1. The lowest BCUT2D eigenvalue weighted by Crippen LogP contribution is -2.54. The molecule has 0 aromatic heterocycles. The fraction of sp³-hybridized carbons (Fsp3) is 0.588. The van der Waals surface area contributed by atoms with Gasteiger partial charge in [-0.25, -0.2) is 0 Å². The summed E-state index contributed by atoms with van der Waals surface area (Å²) in [6.07, 6.45) is 5.51. The Bertz CT molecular complexity index is 492. The van der Waals surface area contributed by atoms with Crippen molar-refractivity contribution in [2.24, 2.45) is 0 Å². The molecule has 3 nitrogen and oxygen atoms in total. The van der Waals surface area contributed by atoms with Gasteiger partial charge >= 0.3 is 5.97 Å². The molecule has 1 unspecified atom stereocenters. The molecule has 1 saturated carbocycles. The zero-order valence-corrected chi connectivity index (χ0v) is 12.1. The molecular weight excluding hydrogens is 250 g/mol. The van der Waals surface area contributed by atoms with Crippen LogP contribution in [0.2, 0.25) is 0 Å². The van der Waals surface area contributed by atoms with E-state index in [1.807, 2.05) is 6.92 Å². The molecule has 1 heterocycles. The molecular formula is C17H23NO2. The molecule has 1 aliphatic carbocycles. The van der Waals surface area contributed by atoms with Crippen molar-refractivity contribution in [1.82, 2.24) is 4.90 Å². The Morgan fingerprint density at radius 1 is 1.30 bits per heavy atom.